The van der Waals surface area contributed by atoms with E-state index in [0.29, 0.717) is 5.92 Å². The molecule has 0 saturated heterocycles. The van der Waals surface area contributed by atoms with Gasteiger partial charge in [0.2, 0.25) is 0 Å². The molecule has 0 radical (unpaired) electrons. The van der Waals surface area contributed by atoms with Gasteiger partial charge < -0.3 is 4.84 Å². The first-order valence-electron chi connectivity index (χ1n) is 9.46. The first-order valence-corrected chi connectivity index (χ1v) is 10.6. The van der Waals surface area contributed by atoms with Crippen LogP contribution in [0.1, 0.15) is 29.0 Å². The molecule has 3 aromatic rings. The third kappa shape index (κ3) is 4.89. The summed E-state index contributed by atoms with van der Waals surface area (Å²) in [5, 5.41) is 16.0. The Morgan fingerprint density at radius 2 is 1.73 bits per heavy atom. The number of benzene rings is 3. The number of nitro groups is 1. The molecule has 1 aliphatic rings. The highest BCUT2D eigenvalue weighted by molar-refractivity contribution is 9.10. The van der Waals surface area contributed by atoms with E-state index in [1.807, 2.05) is 36.4 Å². The van der Waals surface area contributed by atoms with Crippen molar-refractivity contribution in [3.05, 3.63) is 109 Å². The van der Waals surface area contributed by atoms with Crippen molar-refractivity contribution in [3.8, 4) is 0 Å². The zero-order valence-corrected chi connectivity index (χ0v) is 18.2. The standard InChI is InChI=1S/C23H18BrClN2O3/c24-18-7-3-17(4-8-18)23(22-13-21(22)16-5-9-19(25)10-6-16)26-30-14-15-1-11-20(12-2-15)27(28)29/h1-12,21-22H,13-14H2/b26-23-/t21-,22-/m0/s1. The van der Waals surface area contributed by atoms with Crippen LogP contribution in [0.5, 0.6) is 0 Å². The summed E-state index contributed by atoms with van der Waals surface area (Å²) in [7, 11) is 0. The van der Waals surface area contributed by atoms with Gasteiger partial charge in [-0.15, -0.1) is 0 Å². The maximum absolute atomic E-state index is 10.8. The second-order valence-electron chi connectivity index (χ2n) is 7.18. The van der Waals surface area contributed by atoms with Crippen LogP contribution >= 0.6 is 27.5 Å². The molecule has 1 fully saturated rings. The average molecular weight is 486 g/mol. The van der Waals surface area contributed by atoms with Gasteiger partial charge in [-0.05, 0) is 65.4 Å². The summed E-state index contributed by atoms with van der Waals surface area (Å²) in [4.78, 5) is 16.0. The van der Waals surface area contributed by atoms with Crippen molar-refractivity contribution < 1.29 is 9.76 Å². The minimum atomic E-state index is -0.418. The number of non-ortho nitro benzene ring substituents is 1. The van der Waals surface area contributed by atoms with Gasteiger partial charge in [0.1, 0.15) is 6.61 Å². The van der Waals surface area contributed by atoms with Crippen LogP contribution in [0.2, 0.25) is 5.02 Å². The molecule has 30 heavy (non-hydrogen) atoms. The van der Waals surface area contributed by atoms with E-state index in [1.54, 1.807) is 12.1 Å². The smallest absolute Gasteiger partial charge is 0.269 e. The van der Waals surface area contributed by atoms with E-state index in [-0.39, 0.29) is 18.2 Å². The van der Waals surface area contributed by atoms with Crippen LogP contribution in [0, 0.1) is 16.0 Å². The Morgan fingerprint density at radius 1 is 1.07 bits per heavy atom. The van der Waals surface area contributed by atoms with E-state index in [4.69, 9.17) is 16.4 Å². The number of hydrogen-bond donors (Lipinski definition) is 0. The summed E-state index contributed by atoms with van der Waals surface area (Å²) >= 11 is 9.48. The highest BCUT2D eigenvalue weighted by Crippen LogP contribution is 2.49. The third-order valence-electron chi connectivity index (χ3n) is 5.12. The molecule has 1 aliphatic carbocycles. The highest BCUT2D eigenvalue weighted by Gasteiger charge is 2.43. The topological polar surface area (TPSA) is 64.7 Å². The van der Waals surface area contributed by atoms with Crippen LogP contribution in [-0.4, -0.2) is 10.6 Å². The molecule has 4 rings (SSSR count). The molecule has 0 bridgehead atoms. The molecule has 2 atom stereocenters. The lowest BCUT2D eigenvalue weighted by atomic mass is 10.0. The van der Waals surface area contributed by atoms with Crippen molar-refractivity contribution in [3.63, 3.8) is 0 Å². The maximum Gasteiger partial charge on any atom is 0.269 e. The molecule has 0 aromatic heterocycles. The number of rotatable bonds is 7. The molecule has 5 nitrogen and oxygen atoms in total. The van der Waals surface area contributed by atoms with Crippen LogP contribution in [0.25, 0.3) is 0 Å². The zero-order valence-electron chi connectivity index (χ0n) is 15.9. The molecule has 0 N–H and O–H groups in total. The first kappa shape index (κ1) is 20.6. The summed E-state index contributed by atoms with van der Waals surface area (Å²) in [5.41, 5.74) is 4.04. The van der Waals surface area contributed by atoms with Crippen molar-refractivity contribution in [2.75, 3.05) is 0 Å². The quantitative estimate of drug-likeness (QED) is 0.211. The first-order chi connectivity index (χ1) is 14.5. The van der Waals surface area contributed by atoms with Crippen molar-refractivity contribution in [1.82, 2.24) is 0 Å². The molecule has 0 unspecified atom stereocenters. The largest absolute Gasteiger partial charge is 0.391 e. The van der Waals surface area contributed by atoms with Crippen molar-refractivity contribution >= 4 is 38.9 Å². The average Bonchev–Trinajstić information content (AvgIpc) is 3.53. The van der Waals surface area contributed by atoms with Gasteiger partial charge in [0, 0.05) is 27.5 Å². The molecule has 7 heteroatoms. The van der Waals surface area contributed by atoms with Gasteiger partial charge in [-0.3, -0.25) is 10.1 Å². The predicted octanol–water partition coefficient (Wildman–Crippen LogP) is 6.74. The lowest BCUT2D eigenvalue weighted by molar-refractivity contribution is -0.384. The minimum absolute atomic E-state index is 0.0570. The van der Waals surface area contributed by atoms with Gasteiger partial charge in [-0.1, -0.05) is 57.0 Å². The van der Waals surface area contributed by atoms with Crippen LogP contribution in [0.15, 0.2) is 82.4 Å². The van der Waals surface area contributed by atoms with Gasteiger partial charge in [0.25, 0.3) is 5.69 Å². The molecular formula is C23H18BrClN2O3. The minimum Gasteiger partial charge on any atom is -0.391 e. The Morgan fingerprint density at radius 3 is 2.37 bits per heavy atom. The highest BCUT2D eigenvalue weighted by atomic mass is 79.9. The summed E-state index contributed by atoms with van der Waals surface area (Å²) < 4.78 is 1.00. The van der Waals surface area contributed by atoms with E-state index in [9.17, 15) is 10.1 Å². The van der Waals surface area contributed by atoms with E-state index in [0.717, 1.165) is 32.8 Å². The fourth-order valence-electron chi connectivity index (χ4n) is 3.42. The van der Waals surface area contributed by atoms with Crippen LogP contribution in [0.4, 0.5) is 5.69 Å². The van der Waals surface area contributed by atoms with Gasteiger partial charge in [-0.25, -0.2) is 0 Å². The fourth-order valence-corrected chi connectivity index (χ4v) is 3.81. The Balaban J connectivity index is 1.51. The van der Waals surface area contributed by atoms with Gasteiger partial charge in [0.05, 0.1) is 10.6 Å². The van der Waals surface area contributed by atoms with E-state index in [2.05, 4.69) is 33.2 Å². The summed E-state index contributed by atoms with van der Waals surface area (Å²) in [6.45, 7) is 0.246. The molecule has 1 saturated carbocycles. The summed E-state index contributed by atoms with van der Waals surface area (Å²) in [6, 6.07) is 22.3. The molecule has 152 valence electrons. The third-order valence-corrected chi connectivity index (χ3v) is 5.90. The van der Waals surface area contributed by atoms with Crippen molar-refractivity contribution in [1.29, 1.82) is 0 Å². The van der Waals surface area contributed by atoms with E-state index >= 15 is 0 Å². The predicted molar refractivity (Wildman–Crippen MR) is 121 cm³/mol. The van der Waals surface area contributed by atoms with Crippen molar-refractivity contribution in [2.45, 2.75) is 18.9 Å². The van der Waals surface area contributed by atoms with E-state index in [1.165, 1.54) is 17.7 Å². The van der Waals surface area contributed by atoms with E-state index < -0.39 is 4.92 Å². The van der Waals surface area contributed by atoms with Crippen LogP contribution in [0.3, 0.4) is 0 Å². The maximum atomic E-state index is 10.8. The molecule has 3 aromatic carbocycles. The Hall–Kier alpha value is -2.70. The lowest BCUT2D eigenvalue weighted by Crippen LogP contribution is -2.06. The van der Waals surface area contributed by atoms with Gasteiger partial charge in [-0.2, -0.15) is 0 Å². The lowest BCUT2D eigenvalue weighted by Gasteiger charge is -2.08. The summed E-state index contributed by atoms with van der Waals surface area (Å²) in [6.07, 6.45) is 0.997. The normalized spacial score (nSPS) is 18.1. The number of hydrogen-bond acceptors (Lipinski definition) is 4. The Labute approximate surface area is 187 Å². The molecule has 0 heterocycles. The molecule has 0 amide bonds. The number of oxime groups is 1. The zero-order chi connectivity index (χ0) is 21.1. The monoisotopic (exact) mass is 484 g/mol. The van der Waals surface area contributed by atoms with Gasteiger partial charge >= 0.3 is 0 Å². The Bertz CT molecular complexity index is 1070. The van der Waals surface area contributed by atoms with Crippen molar-refractivity contribution in [2.24, 2.45) is 11.1 Å². The molecule has 0 aliphatic heterocycles. The summed E-state index contributed by atoms with van der Waals surface area (Å²) in [5.74, 6) is 0.650. The second kappa shape index (κ2) is 8.98. The Kier molecular flexibility index (Phi) is 6.16. The fraction of sp³-hybridized carbons (Fsp3) is 0.174. The molecule has 0 spiro atoms. The SMILES string of the molecule is O=[N+]([O-])c1ccc(CO/N=C(/c2ccc(Br)cc2)[C@H]2C[C@H]2c2ccc(Cl)cc2)cc1. The number of halogens is 2. The van der Waals surface area contributed by atoms with Gasteiger partial charge in [0.15, 0.2) is 0 Å². The second-order valence-corrected chi connectivity index (χ2v) is 8.53. The number of nitrogens with zero attached hydrogens (tertiary/aromatic N) is 2. The number of nitro benzene ring substituents is 1. The molecular weight excluding hydrogens is 468 g/mol. The van der Waals surface area contributed by atoms with Crippen LogP contribution < -0.4 is 0 Å². The van der Waals surface area contributed by atoms with Crippen LogP contribution in [-0.2, 0) is 11.4 Å².